The molecule has 0 spiro atoms. The van der Waals surface area contributed by atoms with Crippen LogP contribution in [0.3, 0.4) is 0 Å². The summed E-state index contributed by atoms with van der Waals surface area (Å²) in [5, 5.41) is 26.8. The Hall–Kier alpha value is -2.99. The zero-order valence-electron chi connectivity index (χ0n) is 20.4. The van der Waals surface area contributed by atoms with Crippen LogP contribution in [0.2, 0.25) is 0 Å². The van der Waals surface area contributed by atoms with Crippen LogP contribution in [0, 0.1) is 11.8 Å². The van der Waals surface area contributed by atoms with Crippen LogP contribution in [0.4, 0.5) is 0 Å². The standard InChI is InChI=1S/C22H38N6O6/c1-6-12(4)18(22(33)34)28-20(31)15(7-11(2)3)26-19(30)16(8-14-9-24-10-25-14)27-21(32)17(23)13(5)29/h9-13,15-18,29H,6-8,23H2,1-5H3,(H,24,25)(H,26,30)(H,27,32)(H,28,31)(H,33,34). The van der Waals surface area contributed by atoms with E-state index in [1.54, 1.807) is 6.92 Å². The second-order valence-corrected chi connectivity index (χ2v) is 9.01. The van der Waals surface area contributed by atoms with E-state index in [1.807, 2.05) is 20.8 Å². The zero-order valence-corrected chi connectivity index (χ0v) is 20.4. The predicted molar refractivity (Wildman–Crippen MR) is 124 cm³/mol. The minimum Gasteiger partial charge on any atom is -0.480 e. The van der Waals surface area contributed by atoms with Crippen LogP contribution >= 0.6 is 0 Å². The molecule has 1 aromatic heterocycles. The molecule has 12 nitrogen and oxygen atoms in total. The van der Waals surface area contributed by atoms with Gasteiger partial charge in [-0.05, 0) is 25.2 Å². The van der Waals surface area contributed by atoms with E-state index < -0.39 is 54.0 Å². The monoisotopic (exact) mass is 482 g/mol. The number of nitrogens with zero attached hydrogens (tertiary/aromatic N) is 1. The van der Waals surface area contributed by atoms with Gasteiger partial charge >= 0.3 is 5.97 Å². The molecule has 1 rings (SSSR count). The molecule has 34 heavy (non-hydrogen) atoms. The Morgan fingerprint density at radius 1 is 1.03 bits per heavy atom. The molecule has 0 saturated heterocycles. The van der Waals surface area contributed by atoms with E-state index in [-0.39, 0.29) is 24.7 Å². The molecule has 192 valence electrons. The lowest BCUT2D eigenvalue weighted by Gasteiger charge is -2.27. The Balaban J connectivity index is 3.08. The van der Waals surface area contributed by atoms with Gasteiger partial charge in [0.05, 0.1) is 12.4 Å². The van der Waals surface area contributed by atoms with Gasteiger partial charge in [-0.15, -0.1) is 0 Å². The number of rotatable bonds is 14. The highest BCUT2D eigenvalue weighted by Gasteiger charge is 2.32. The summed E-state index contributed by atoms with van der Waals surface area (Å²) in [6.07, 6.45) is 2.60. The van der Waals surface area contributed by atoms with E-state index in [1.165, 1.54) is 19.4 Å². The molecule has 1 aromatic rings. The van der Waals surface area contributed by atoms with Crippen molar-refractivity contribution in [1.29, 1.82) is 0 Å². The van der Waals surface area contributed by atoms with Crippen LogP contribution in [0.25, 0.3) is 0 Å². The minimum absolute atomic E-state index is 0.00670. The Morgan fingerprint density at radius 2 is 1.62 bits per heavy atom. The van der Waals surface area contributed by atoms with Crippen LogP contribution in [-0.2, 0) is 25.6 Å². The molecule has 0 aliphatic heterocycles. The highest BCUT2D eigenvalue weighted by molar-refractivity contribution is 5.94. The molecule has 0 aromatic carbocycles. The smallest absolute Gasteiger partial charge is 0.326 e. The van der Waals surface area contributed by atoms with Gasteiger partial charge in [0.15, 0.2) is 0 Å². The van der Waals surface area contributed by atoms with Crippen LogP contribution in [0.5, 0.6) is 0 Å². The Morgan fingerprint density at radius 3 is 2.09 bits per heavy atom. The van der Waals surface area contributed by atoms with E-state index in [2.05, 4.69) is 25.9 Å². The summed E-state index contributed by atoms with van der Waals surface area (Å²) in [6, 6.07) is -4.50. The Labute approximate surface area is 199 Å². The van der Waals surface area contributed by atoms with E-state index in [0.29, 0.717) is 12.1 Å². The number of hydrogen-bond acceptors (Lipinski definition) is 7. The fraction of sp³-hybridized carbons (Fsp3) is 0.682. The third-order valence-electron chi connectivity index (χ3n) is 5.55. The predicted octanol–water partition coefficient (Wildman–Crippen LogP) is -0.708. The molecule has 6 unspecified atom stereocenters. The fourth-order valence-corrected chi connectivity index (χ4v) is 3.22. The Kier molecular flexibility index (Phi) is 11.7. The van der Waals surface area contributed by atoms with Gasteiger partial charge in [-0.1, -0.05) is 34.1 Å². The summed E-state index contributed by atoms with van der Waals surface area (Å²) < 4.78 is 0. The molecule has 12 heteroatoms. The minimum atomic E-state index is -1.25. The number of carboxylic acid groups (broad SMARTS) is 1. The maximum Gasteiger partial charge on any atom is 0.326 e. The lowest BCUT2D eigenvalue weighted by Crippen LogP contribution is -2.59. The molecule has 0 saturated carbocycles. The first-order valence-corrected chi connectivity index (χ1v) is 11.4. The fourth-order valence-electron chi connectivity index (χ4n) is 3.22. The van der Waals surface area contributed by atoms with Crippen LogP contribution in [-0.4, -0.2) is 74.1 Å². The molecule has 0 radical (unpaired) electrons. The van der Waals surface area contributed by atoms with Gasteiger partial charge in [0.25, 0.3) is 0 Å². The summed E-state index contributed by atoms with van der Waals surface area (Å²) in [5.41, 5.74) is 6.24. The van der Waals surface area contributed by atoms with Crippen molar-refractivity contribution in [1.82, 2.24) is 25.9 Å². The number of aliphatic hydroxyl groups excluding tert-OH is 1. The van der Waals surface area contributed by atoms with Crippen LogP contribution < -0.4 is 21.7 Å². The number of aliphatic hydroxyl groups is 1. The van der Waals surface area contributed by atoms with Crippen molar-refractivity contribution in [2.24, 2.45) is 17.6 Å². The number of aromatic nitrogens is 2. The molecular weight excluding hydrogens is 444 g/mol. The van der Waals surface area contributed by atoms with Crippen molar-refractivity contribution >= 4 is 23.7 Å². The lowest BCUT2D eigenvalue weighted by molar-refractivity contribution is -0.144. The molecule has 1 heterocycles. The second-order valence-electron chi connectivity index (χ2n) is 9.01. The normalized spacial score (nSPS) is 16.6. The third-order valence-corrected chi connectivity index (χ3v) is 5.55. The van der Waals surface area contributed by atoms with Gasteiger partial charge in [-0.25, -0.2) is 9.78 Å². The molecule has 0 aliphatic carbocycles. The van der Waals surface area contributed by atoms with Crippen molar-refractivity contribution < 1.29 is 29.4 Å². The number of nitrogens with one attached hydrogen (secondary N) is 4. The van der Waals surface area contributed by atoms with Crippen molar-refractivity contribution in [2.75, 3.05) is 0 Å². The number of imidazole rings is 1. The van der Waals surface area contributed by atoms with Gasteiger partial charge < -0.3 is 36.9 Å². The van der Waals surface area contributed by atoms with Gasteiger partial charge in [0, 0.05) is 18.3 Å². The second kappa shape index (κ2) is 13.7. The van der Waals surface area contributed by atoms with Crippen molar-refractivity contribution in [3.63, 3.8) is 0 Å². The number of hydrogen-bond donors (Lipinski definition) is 7. The first-order chi connectivity index (χ1) is 15.9. The van der Waals surface area contributed by atoms with Gasteiger partial charge in [-0.3, -0.25) is 14.4 Å². The zero-order chi connectivity index (χ0) is 26.0. The summed E-state index contributed by atoms with van der Waals surface area (Å²) in [6.45, 7) is 8.62. The van der Waals surface area contributed by atoms with Crippen LogP contribution in [0.15, 0.2) is 12.5 Å². The topological polar surface area (TPSA) is 200 Å². The number of aromatic amines is 1. The highest BCUT2D eigenvalue weighted by atomic mass is 16.4. The Bertz CT molecular complexity index is 813. The SMILES string of the molecule is CCC(C)C(NC(=O)C(CC(C)C)NC(=O)C(Cc1cnc[nH]1)NC(=O)C(N)C(C)O)C(=O)O. The lowest BCUT2D eigenvalue weighted by atomic mass is 9.97. The van der Waals surface area contributed by atoms with Crippen molar-refractivity contribution in [2.45, 2.75) is 84.2 Å². The summed E-state index contributed by atoms with van der Waals surface area (Å²) in [7, 11) is 0. The first-order valence-electron chi connectivity index (χ1n) is 11.4. The van der Waals surface area contributed by atoms with Gasteiger partial charge in [0.2, 0.25) is 17.7 Å². The van der Waals surface area contributed by atoms with E-state index in [4.69, 9.17) is 5.73 Å². The molecule has 8 N–H and O–H groups in total. The van der Waals surface area contributed by atoms with E-state index in [9.17, 15) is 29.4 Å². The first kappa shape index (κ1) is 29.0. The number of nitrogens with two attached hydrogens (primary N) is 1. The maximum absolute atomic E-state index is 13.1. The van der Waals surface area contributed by atoms with Crippen molar-refractivity contribution in [3.8, 4) is 0 Å². The maximum atomic E-state index is 13.1. The molecule has 3 amide bonds. The summed E-state index contributed by atoms with van der Waals surface area (Å²) >= 11 is 0. The summed E-state index contributed by atoms with van der Waals surface area (Å²) in [5.74, 6) is -3.48. The molecule has 6 atom stereocenters. The van der Waals surface area contributed by atoms with E-state index in [0.717, 1.165) is 0 Å². The van der Waals surface area contributed by atoms with Crippen molar-refractivity contribution in [3.05, 3.63) is 18.2 Å². The summed E-state index contributed by atoms with van der Waals surface area (Å²) in [4.78, 5) is 56.9. The molecule has 0 bridgehead atoms. The molecule has 0 fully saturated rings. The van der Waals surface area contributed by atoms with Gasteiger partial charge in [-0.2, -0.15) is 0 Å². The number of carbonyl (C=O) groups excluding carboxylic acids is 3. The largest absolute Gasteiger partial charge is 0.480 e. The van der Waals surface area contributed by atoms with E-state index >= 15 is 0 Å². The third kappa shape index (κ3) is 9.10. The number of carboxylic acids is 1. The number of carbonyl (C=O) groups is 4. The molecular formula is C22H38N6O6. The quantitative estimate of drug-likeness (QED) is 0.180. The van der Waals surface area contributed by atoms with Crippen LogP contribution in [0.1, 0.15) is 53.2 Å². The average molecular weight is 483 g/mol. The molecule has 0 aliphatic rings. The highest BCUT2D eigenvalue weighted by Crippen LogP contribution is 2.11. The average Bonchev–Trinajstić information content (AvgIpc) is 3.27. The number of amides is 3. The number of aliphatic carboxylic acids is 1. The number of H-pyrrole nitrogens is 1. The van der Waals surface area contributed by atoms with Gasteiger partial charge in [0.1, 0.15) is 24.2 Å².